The molecule has 1 N–H and O–H groups in total. The van der Waals surface area contributed by atoms with Crippen molar-refractivity contribution in [1.82, 2.24) is 24.6 Å². The molecule has 0 unspecified atom stereocenters. The quantitative estimate of drug-likeness (QED) is 0.733. The molecule has 0 radical (unpaired) electrons. The van der Waals surface area contributed by atoms with Gasteiger partial charge in [0.2, 0.25) is 5.89 Å². The molecule has 0 saturated carbocycles. The SMILES string of the molecule is Cc1ccc(C(=O)N2CCc3c(c(-c4ncc(C)o4)nn3CC(C)C)C2)c(=O)[nH]1. The van der Waals surface area contributed by atoms with Gasteiger partial charge in [0.1, 0.15) is 11.3 Å². The minimum atomic E-state index is -0.361. The molecule has 0 aliphatic carbocycles. The third kappa shape index (κ3) is 3.62. The maximum atomic E-state index is 13.0. The molecule has 1 aliphatic heterocycles. The number of hydrogen-bond donors (Lipinski definition) is 1. The van der Waals surface area contributed by atoms with Gasteiger partial charge < -0.3 is 14.3 Å². The Bertz CT molecular complexity index is 1120. The van der Waals surface area contributed by atoms with Crippen LogP contribution in [-0.2, 0) is 19.5 Å². The Morgan fingerprint density at radius 3 is 2.76 bits per heavy atom. The van der Waals surface area contributed by atoms with E-state index in [1.165, 1.54) is 0 Å². The normalized spacial score (nSPS) is 13.8. The highest BCUT2D eigenvalue weighted by molar-refractivity contribution is 5.94. The molecule has 1 amide bonds. The molecule has 3 aromatic rings. The minimum absolute atomic E-state index is 0.155. The number of aromatic nitrogens is 4. The smallest absolute Gasteiger partial charge is 0.260 e. The number of carbonyl (C=O) groups is 1. The van der Waals surface area contributed by atoms with Crippen molar-refractivity contribution in [2.24, 2.45) is 5.92 Å². The summed E-state index contributed by atoms with van der Waals surface area (Å²) in [5.74, 6) is 1.33. The Morgan fingerprint density at radius 1 is 1.31 bits per heavy atom. The van der Waals surface area contributed by atoms with Gasteiger partial charge in [-0.15, -0.1) is 0 Å². The molecule has 152 valence electrons. The molecule has 0 saturated heterocycles. The second-order valence-electron chi connectivity index (χ2n) is 7.99. The predicted octanol–water partition coefficient (Wildman–Crippen LogP) is 2.70. The number of rotatable bonds is 4. The summed E-state index contributed by atoms with van der Waals surface area (Å²) in [5, 5.41) is 4.77. The van der Waals surface area contributed by atoms with Gasteiger partial charge in [-0.1, -0.05) is 13.8 Å². The van der Waals surface area contributed by atoms with Crippen LogP contribution >= 0.6 is 0 Å². The van der Waals surface area contributed by atoms with Crippen molar-refractivity contribution in [3.8, 4) is 11.6 Å². The highest BCUT2D eigenvalue weighted by Gasteiger charge is 2.31. The number of H-pyrrole nitrogens is 1. The Balaban J connectivity index is 1.71. The number of hydrogen-bond acceptors (Lipinski definition) is 5. The summed E-state index contributed by atoms with van der Waals surface area (Å²) < 4.78 is 7.73. The van der Waals surface area contributed by atoms with E-state index >= 15 is 0 Å². The van der Waals surface area contributed by atoms with Crippen molar-refractivity contribution in [3.63, 3.8) is 0 Å². The fourth-order valence-corrected chi connectivity index (χ4v) is 3.71. The van der Waals surface area contributed by atoms with E-state index in [-0.39, 0.29) is 17.0 Å². The van der Waals surface area contributed by atoms with Crippen molar-refractivity contribution in [1.29, 1.82) is 0 Å². The van der Waals surface area contributed by atoms with Crippen molar-refractivity contribution in [2.45, 2.75) is 47.2 Å². The van der Waals surface area contributed by atoms with E-state index in [4.69, 9.17) is 9.52 Å². The fourth-order valence-electron chi connectivity index (χ4n) is 3.71. The average Bonchev–Trinajstić information content (AvgIpc) is 3.24. The first-order valence-electron chi connectivity index (χ1n) is 9.84. The summed E-state index contributed by atoms with van der Waals surface area (Å²) in [7, 11) is 0. The van der Waals surface area contributed by atoms with Gasteiger partial charge in [-0.2, -0.15) is 5.10 Å². The number of oxazole rings is 1. The summed E-state index contributed by atoms with van der Waals surface area (Å²) in [6.07, 6.45) is 2.34. The van der Waals surface area contributed by atoms with Crippen molar-refractivity contribution in [2.75, 3.05) is 6.54 Å². The Kier molecular flexibility index (Phi) is 4.86. The van der Waals surface area contributed by atoms with Crippen LogP contribution in [0.1, 0.15) is 46.9 Å². The van der Waals surface area contributed by atoms with Crippen molar-refractivity contribution >= 4 is 5.91 Å². The van der Waals surface area contributed by atoms with Crippen LogP contribution in [0.25, 0.3) is 11.6 Å². The number of nitrogens with one attached hydrogen (secondary N) is 1. The van der Waals surface area contributed by atoms with E-state index in [9.17, 15) is 9.59 Å². The van der Waals surface area contributed by atoms with E-state index < -0.39 is 0 Å². The van der Waals surface area contributed by atoms with E-state index in [1.54, 1.807) is 30.2 Å². The lowest BCUT2D eigenvalue weighted by Gasteiger charge is -2.28. The summed E-state index contributed by atoms with van der Waals surface area (Å²) in [5.41, 5.74) is 3.23. The number of aromatic amines is 1. The molecular weight excluding hydrogens is 370 g/mol. The molecule has 8 heteroatoms. The van der Waals surface area contributed by atoms with Crippen LogP contribution in [-0.4, -0.2) is 37.1 Å². The highest BCUT2D eigenvalue weighted by Crippen LogP contribution is 2.30. The molecule has 3 aromatic heterocycles. The zero-order chi connectivity index (χ0) is 20.7. The summed E-state index contributed by atoms with van der Waals surface area (Å²) >= 11 is 0. The molecule has 4 heterocycles. The van der Waals surface area contributed by atoms with E-state index in [0.717, 1.165) is 23.5 Å². The number of aryl methyl sites for hydroxylation is 2. The first kappa shape index (κ1) is 19.2. The van der Waals surface area contributed by atoms with Gasteiger partial charge in [-0.3, -0.25) is 14.3 Å². The first-order chi connectivity index (χ1) is 13.8. The van der Waals surface area contributed by atoms with Crippen LogP contribution < -0.4 is 5.56 Å². The maximum absolute atomic E-state index is 13.0. The second kappa shape index (κ2) is 7.35. The van der Waals surface area contributed by atoms with Gasteiger partial charge >= 0.3 is 0 Å². The number of carbonyl (C=O) groups excluding carboxylic acids is 1. The second-order valence-corrected chi connectivity index (χ2v) is 7.99. The zero-order valence-corrected chi connectivity index (χ0v) is 17.2. The number of amides is 1. The van der Waals surface area contributed by atoms with Gasteiger partial charge in [-0.05, 0) is 31.9 Å². The summed E-state index contributed by atoms with van der Waals surface area (Å²) in [4.78, 5) is 34.0. The van der Waals surface area contributed by atoms with E-state index in [1.807, 2.05) is 11.6 Å². The van der Waals surface area contributed by atoms with Crippen LogP contribution in [0, 0.1) is 19.8 Å². The Morgan fingerprint density at radius 2 is 2.10 bits per heavy atom. The fraction of sp³-hybridized carbons (Fsp3) is 0.429. The largest absolute Gasteiger partial charge is 0.440 e. The standard InChI is InChI=1S/C21H25N5O3/c1-12(2)10-26-17-7-8-25(21(28)15-6-5-13(3)23-19(15)27)11-16(17)18(24-26)20-22-9-14(4)29-20/h5-6,9,12H,7-8,10-11H2,1-4H3,(H,23,27). The number of fused-ring (bicyclic) bond motifs is 1. The van der Waals surface area contributed by atoms with Gasteiger partial charge in [-0.25, -0.2) is 4.98 Å². The van der Waals surface area contributed by atoms with Gasteiger partial charge in [0.15, 0.2) is 5.69 Å². The van der Waals surface area contributed by atoms with E-state index in [2.05, 4.69) is 23.8 Å². The van der Waals surface area contributed by atoms with Crippen LogP contribution in [0.5, 0.6) is 0 Å². The summed E-state index contributed by atoms with van der Waals surface area (Å²) in [6.45, 7) is 9.61. The van der Waals surface area contributed by atoms with Crippen molar-refractivity contribution < 1.29 is 9.21 Å². The zero-order valence-electron chi connectivity index (χ0n) is 17.2. The van der Waals surface area contributed by atoms with E-state index in [0.29, 0.717) is 42.8 Å². The number of nitrogens with zero attached hydrogens (tertiary/aromatic N) is 4. The first-order valence-corrected chi connectivity index (χ1v) is 9.84. The van der Waals surface area contributed by atoms with Crippen molar-refractivity contribution in [3.05, 3.63) is 57.0 Å². The third-order valence-electron chi connectivity index (χ3n) is 5.07. The molecule has 8 nitrogen and oxygen atoms in total. The Labute approximate surface area is 168 Å². The Hall–Kier alpha value is -3.16. The average molecular weight is 395 g/mol. The lowest BCUT2D eigenvalue weighted by molar-refractivity contribution is 0.0731. The minimum Gasteiger partial charge on any atom is -0.440 e. The molecule has 0 bridgehead atoms. The molecule has 4 rings (SSSR count). The molecule has 0 atom stereocenters. The lowest BCUT2D eigenvalue weighted by atomic mass is 10.0. The van der Waals surface area contributed by atoms with Crippen LogP contribution in [0.3, 0.4) is 0 Å². The van der Waals surface area contributed by atoms with Gasteiger partial charge in [0.25, 0.3) is 11.5 Å². The topological polar surface area (TPSA) is 97.0 Å². The third-order valence-corrected chi connectivity index (χ3v) is 5.07. The van der Waals surface area contributed by atoms with Crippen LogP contribution in [0.2, 0.25) is 0 Å². The van der Waals surface area contributed by atoms with Gasteiger partial charge in [0, 0.05) is 36.5 Å². The molecule has 0 spiro atoms. The maximum Gasteiger partial charge on any atom is 0.260 e. The molecule has 29 heavy (non-hydrogen) atoms. The molecular formula is C21H25N5O3. The summed E-state index contributed by atoms with van der Waals surface area (Å²) in [6, 6.07) is 3.33. The van der Waals surface area contributed by atoms with Crippen LogP contribution in [0.4, 0.5) is 0 Å². The molecule has 1 aliphatic rings. The highest BCUT2D eigenvalue weighted by atomic mass is 16.4. The molecule has 0 aromatic carbocycles. The number of pyridine rings is 1. The van der Waals surface area contributed by atoms with Gasteiger partial charge in [0.05, 0.1) is 12.7 Å². The molecule has 0 fully saturated rings. The monoisotopic (exact) mass is 395 g/mol. The van der Waals surface area contributed by atoms with Crippen LogP contribution in [0.15, 0.2) is 27.5 Å². The predicted molar refractivity (Wildman–Crippen MR) is 108 cm³/mol. The lowest BCUT2D eigenvalue weighted by Crippen LogP contribution is -2.39.